The Kier molecular flexibility index (Phi) is 3.50. The molecule has 2 nitrogen and oxygen atoms in total. The van der Waals surface area contributed by atoms with Crippen molar-refractivity contribution in [2.24, 2.45) is 5.41 Å². The molecule has 1 fully saturated rings. The lowest BCUT2D eigenvalue weighted by Gasteiger charge is -2.30. The van der Waals surface area contributed by atoms with Gasteiger partial charge in [0.25, 0.3) is 0 Å². The van der Waals surface area contributed by atoms with E-state index in [1.165, 1.54) is 5.57 Å². The van der Waals surface area contributed by atoms with Gasteiger partial charge in [-0.05, 0) is 46.2 Å². The molecule has 1 aliphatic heterocycles. The lowest BCUT2D eigenvalue weighted by atomic mass is 9.77. The first kappa shape index (κ1) is 10.3. The van der Waals surface area contributed by atoms with Crippen molar-refractivity contribution in [1.29, 1.82) is 5.26 Å². The third kappa shape index (κ3) is 2.86. The fourth-order valence-electron chi connectivity index (χ4n) is 1.67. The van der Waals surface area contributed by atoms with Crippen molar-refractivity contribution in [3.8, 4) is 6.07 Å². The molecule has 72 valence electrons. The highest BCUT2D eigenvalue weighted by atomic mass is 14.9. The molecule has 0 aromatic carbocycles. The number of nitriles is 1. The van der Waals surface area contributed by atoms with Gasteiger partial charge >= 0.3 is 0 Å². The van der Waals surface area contributed by atoms with Crippen LogP contribution in [-0.2, 0) is 0 Å². The summed E-state index contributed by atoms with van der Waals surface area (Å²) in [6, 6.07) is 2.49. The highest BCUT2D eigenvalue weighted by Crippen LogP contribution is 2.32. The first-order chi connectivity index (χ1) is 6.18. The summed E-state index contributed by atoms with van der Waals surface area (Å²) in [6.07, 6.45) is 5.10. The Morgan fingerprint density at radius 3 is 2.54 bits per heavy atom. The topological polar surface area (TPSA) is 35.8 Å². The quantitative estimate of drug-likeness (QED) is 0.658. The van der Waals surface area contributed by atoms with Crippen molar-refractivity contribution in [3.05, 3.63) is 11.6 Å². The van der Waals surface area contributed by atoms with Gasteiger partial charge < -0.3 is 5.32 Å². The third-order valence-electron chi connectivity index (χ3n) is 2.70. The molecule has 0 saturated carbocycles. The molecular formula is C11H18N2. The van der Waals surface area contributed by atoms with Crippen LogP contribution in [0.2, 0.25) is 0 Å². The van der Waals surface area contributed by atoms with Crippen LogP contribution >= 0.6 is 0 Å². The largest absolute Gasteiger partial charge is 0.317 e. The van der Waals surface area contributed by atoms with Crippen LogP contribution < -0.4 is 5.32 Å². The molecule has 0 aromatic heterocycles. The number of nitrogens with one attached hydrogen (secondary N) is 1. The van der Waals surface area contributed by atoms with Gasteiger partial charge in [0.15, 0.2) is 0 Å². The first-order valence-electron chi connectivity index (χ1n) is 4.94. The second-order valence-electron chi connectivity index (χ2n) is 4.13. The zero-order chi connectivity index (χ0) is 9.73. The molecule has 1 heterocycles. The van der Waals surface area contributed by atoms with Crippen molar-refractivity contribution >= 4 is 0 Å². The molecule has 0 amide bonds. The van der Waals surface area contributed by atoms with Crippen molar-refractivity contribution < 1.29 is 0 Å². The van der Waals surface area contributed by atoms with Gasteiger partial charge in [-0.2, -0.15) is 5.26 Å². The molecule has 1 rings (SSSR count). The summed E-state index contributed by atoms with van der Waals surface area (Å²) >= 11 is 0. The molecule has 1 N–H and O–H groups in total. The predicted molar refractivity (Wildman–Crippen MR) is 54.2 cm³/mol. The minimum atomic E-state index is -0.0808. The maximum Gasteiger partial charge on any atom is 0.0694 e. The van der Waals surface area contributed by atoms with Crippen LogP contribution in [0.15, 0.2) is 11.6 Å². The van der Waals surface area contributed by atoms with Gasteiger partial charge in [0.2, 0.25) is 0 Å². The van der Waals surface area contributed by atoms with E-state index >= 15 is 0 Å². The van der Waals surface area contributed by atoms with Crippen LogP contribution in [0, 0.1) is 16.7 Å². The summed E-state index contributed by atoms with van der Waals surface area (Å²) in [4.78, 5) is 0. The Bertz CT molecular complexity index is 225. The van der Waals surface area contributed by atoms with Crippen LogP contribution in [-0.4, -0.2) is 13.1 Å². The maximum absolute atomic E-state index is 9.15. The van der Waals surface area contributed by atoms with E-state index in [-0.39, 0.29) is 5.41 Å². The lowest BCUT2D eigenvalue weighted by molar-refractivity contribution is 0.285. The third-order valence-corrected chi connectivity index (χ3v) is 2.70. The van der Waals surface area contributed by atoms with E-state index in [2.05, 4.69) is 31.3 Å². The molecule has 0 aromatic rings. The standard InChI is InChI=1S/C11H18N2/c1-10(2)3-4-11(9-12)5-7-13-8-6-11/h3,13H,4-8H2,1-2H3. The van der Waals surface area contributed by atoms with Crippen molar-refractivity contribution in [2.75, 3.05) is 13.1 Å². The monoisotopic (exact) mass is 178 g/mol. The van der Waals surface area contributed by atoms with Crippen LogP contribution in [0.25, 0.3) is 0 Å². The summed E-state index contributed by atoms with van der Waals surface area (Å²) in [5.41, 5.74) is 1.23. The van der Waals surface area contributed by atoms with E-state index in [0.29, 0.717) is 0 Å². The average Bonchev–Trinajstić information content (AvgIpc) is 2.16. The number of allylic oxidation sites excluding steroid dienone is 2. The molecule has 2 heteroatoms. The summed E-state index contributed by atoms with van der Waals surface area (Å²) in [6.45, 7) is 6.16. The highest BCUT2D eigenvalue weighted by molar-refractivity contribution is 5.07. The Hall–Kier alpha value is -0.810. The Labute approximate surface area is 80.6 Å². The number of hydrogen-bond donors (Lipinski definition) is 1. The van der Waals surface area contributed by atoms with Gasteiger partial charge in [-0.1, -0.05) is 11.6 Å². The van der Waals surface area contributed by atoms with Crippen molar-refractivity contribution in [2.45, 2.75) is 33.1 Å². The molecule has 0 spiro atoms. The second-order valence-corrected chi connectivity index (χ2v) is 4.13. The SMILES string of the molecule is CC(C)=CCC1(C#N)CCNCC1. The smallest absolute Gasteiger partial charge is 0.0694 e. The van der Waals surface area contributed by atoms with Gasteiger partial charge in [-0.3, -0.25) is 0 Å². The van der Waals surface area contributed by atoms with Crippen LogP contribution in [0.4, 0.5) is 0 Å². The van der Waals surface area contributed by atoms with Crippen molar-refractivity contribution in [3.63, 3.8) is 0 Å². The molecule has 0 bridgehead atoms. The Morgan fingerprint density at radius 1 is 1.46 bits per heavy atom. The van der Waals surface area contributed by atoms with E-state index in [1.54, 1.807) is 0 Å². The van der Waals surface area contributed by atoms with Gasteiger partial charge in [0.1, 0.15) is 0 Å². The van der Waals surface area contributed by atoms with E-state index in [9.17, 15) is 0 Å². The average molecular weight is 178 g/mol. The van der Waals surface area contributed by atoms with Crippen LogP contribution in [0.3, 0.4) is 0 Å². The summed E-state index contributed by atoms with van der Waals surface area (Å²) in [5.74, 6) is 0. The molecule has 0 unspecified atom stereocenters. The second kappa shape index (κ2) is 4.43. The number of piperidine rings is 1. The molecule has 1 aliphatic rings. The van der Waals surface area contributed by atoms with Crippen molar-refractivity contribution in [1.82, 2.24) is 5.32 Å². The van der Waals surface area contributed by atoms with Gasteiger partial charge in [-0.15, -0.1) is 0 Å². The van der Waals surface area contributed by atoms with E-state index in [0.717, 1.165) is 32.4 Å². The Balaban J connectivity index is 2.59. The number of nitrogens with zero attached hydrogens (tertiary/aromatic N) is 1. The van der Waals surface area contributed by atoms with Gasteiger partial charge in [0, 0.05) is 0 Å². The normalized spacial score (nSPS) is 20.4. The van der Waals surface area contributed by atoms with Gasteiger partial charge in [-0.25, -0.2) is 0 Å². The fraction of sp³-hybridized carbons (Fsp3) is 0.727. The summed E-state index contributed by atoms with van der Waals surface area (Å²) in [5, 5.41) is 12.4. The number of rotatable bonds is 2. The molecule has 13 heavy (non-hydrogen) atoms. The minimum absolute atomic E-state index is 0.0808. The van der Waals surface area contributed by atoms with E-state index in [1.807, 2.05) is 0 Å². The fourth-order valence-corrected chi connectivity index (χ4v) is 1.67. The molecule has 0 aliphatic carbocycles. The Morgan fingerprint density at radius 2 is 2.08 bits per heavy atom. The first-order valence-corrected chi connectivity index (χ1v) is 4.94. The van der Waals surface area contributed by atoms with Crippen LogP contribution in [0.5, 0.6) is 0 Å². The zero-order valence-corrected chi connectivity index (χ0v) is 8.56. The zero-order valence-electron chi connectivity index (χ0n) is 8.56. The molecule has 0 radical (unpaired) electrons. The molecule has 1 saturated heterocycles. The summed E-state index contributed by atoms with van der Waals surface area (Å²) < 4.78 is 0. The van der Waals surface area contributed by atoms with Gasteiger partial charge in [0.05, 0.1) is 11.5 Å². The summed E-state index contributed by atoms with van der Waals surface area (Å²) in [7, 11) is 0. The highest BCUT2D eigenvalue weighted by Gasteiger charge is 2.30. The number of hydrogen-bond acceptors (Lipinski definition) is 2. The molecule has 0 atom stereocenters. The molecular weight excluding hydrogens is 160 g/mol. The van der Waals surface area contributed by atoms with E-state index in [4.69, 9.17) is 5.26 Å². The van der Waals surface area contributed by atoms with Crippen LogP contribution in [0.1, 0.15) is 33.1 Å². The predicted octanol–water partition coefficient (Wildman–Crippen LogP) is 2.24. The van der Waals surface area contributed by atoms with E-state index < -0.39 is 0 Å². The lowest BCUT2D eigenvalue weighted by Crippen LogP contribution is -2.35. The minimum Gasteiger partial charge on any atom is -0.317 e. The maximum atomic E-state index is 9.15.